The van der Waals surface area contributed by atoms with Crippen molar-refractivity contribution in [2.75, 3.05) is 23.8 Å². The van der Waals surface area contributed by atoms with E-state index in [2.05, 4.69) is 17.1 Å². The summed E-state index contributed by atoms with van der Waals surface area (Å²) in [6.45, 7) is 2.66. The van der Waals surface area contributed by atoms with Crippen LogP contribution in [0, 0.1) is 0 Å². The SMILES string of the molecule is CCC(CN)c1nc(C2CSCCS2)no1. The first-order valence-corrected chi connectivity index (χ1v) is 7.78. The summed E-state index contributed by atoms with van der Waals surface area (Å²) in [4.78, 5) is 4.48. The Kier molecular flexibility index (Phi) is 4.55. The van der Waals surface area contributed by atoms with Crippen LogP contribution in [0.3, 0.4) is 0 Å². The van der Waals surface area contributed by atoms with Crippen LogP contribution in [0.1, 0.15) is 36.2 Å². The van der Waals surface area contributed by atoms with Gasteiger partial charge in [-0.25, -0.2) is 0 Å². The average molecular weight is 259 g/mol. The van der Waals surface area contributed by atoms with E-state index in [-0.39, 0.29) is 5.92 Å². The Morgan fingerprint density at radius 3 is 3.06 bits per heavy atom. The van der Waals surface area contributed by atoms with Gasteiger partial charge in [0.1, 0.15) is 0 Å². The molecule has 2 rings (SSSR count). The predicted octanol–water partition coefficient (Wildman–Crippen LogP) is 2.04. The summed E-state index contributed by atoms with van der Waals surface area (Å²) in [5, 5.41) is 4.48. The molecule has 1 aliphatic heterocycles. The Balaban J connectivity index is 2.05. The van der Waals surface area contributed by atoms with E-state index in [1.807, 2.05) is 23.5 Å². The first-order chi connectivity index (χ1) is 7.85. The van der Waals surface area contributed by atoms with Crippen molar-refractivity contribution in [2.45, 2.75) is 24.5 Å². The molecular formula is C10H17N3OS2. The Labute approximate surface area is 104 Å². The molecule has 1 aromatic heterocycles. The standard InChI is InChI=1S/C10H17N3OS2/c1-2-7(5-11)10-12-9(13-14-10)8-6-15-3-4-16-8/h7-8H,2-6,11H2,1H3. The second-order valence-corrected chi connectivity index (χ2v) is 6.23. The fraction of sp³-hybridized carbons (Fsp3) is 0.800. The third kappa shape index (κ3) is 2.73. The van der Waals surface area contributed by atoms with Crippen LogP contribution in [0.4, 0.5) is 0 Å². The zero-order valence-corrected chi connectivity index (χ0v) is 11.0. The lowest BCUT2D eigenvalue weighted by molar-refractivity contribution is 0.348. The highest BCUT2D eigenvalue weighted by Gasteiger charge is 2.23. The molecular weight excluding hydrogens is 242 g/mol. The average Bonchev–Trinajstić information content (AvgIpc) is 2.81. The van der Waals surface area contributed by atoms with E-state index in [0.717, 1.165) is 18.0 Å². The van der Waals surface area contributed by atoms with Crippen molar-refractivity contribution in [1.29, 1.82) is 0 Å². The van der Waals surface area contributed by atoms with Crippen LogP contribution in [0.2, 0.25) is 0 Å². The monoisotopic (exact) mass is 259 g/mol. The molecule has 90 valence electrons. The Morgan fingerprint density at radius 1 is 1.56 bits per heavy atom. The highest BCUT2D eigenvalue weighted by Crippen LogP contribution is 2.35. The van der Waals surface area contributed by atoms with Gasteiger partial charge in [0.15, 0.2) is 5.82 Å². The van der Waals surface area contributed by atoms with Crippen LogP contribution in [-0.4, -0.2) is 33.9 Å². The molecule has 0 bridgehead atoms. The summed E-state index contributed by atoms with van der Waals surface area (Å²) >= 11 is 3.88. The number of aromatic nitrogens is 2. The lowest BCUT2D eigenvalue weighted by atomic mass is 10.1. The van der Waals surface area contributed by atoms with Gasteiger partial charge < -0.3 is 10.3 Å². The normalized spacial score (nSPS) is 23.2. The van der Waals surface area contributed by atoms with Gasteiger partial charge in [-0.1, -0.05) is 12.1 Å². The van der Waals surface area contributed by atoms with Crippen LogP contribution < -0.4 is 5.73 Å². The fourth-order valence-electron chi connectivity index (χ4n) is 1.62. The molecule has 0 saturated carbocycles. The molecule has 0 spiro atoms. The molecule has 1 saturated heterocycles. The van der Waals surface area contributed by atoms with Crippen molar-refractivity contribution in [1.82, 2.24) is 10.1 Å². The summed E-state index contributed by atoms with van der Waals surface area (Å²) in [5.41, 5.74) is 5.67. The molecule has 16 heavy (non-hydrogen) atoms. The van der Waals surface area contributed by atoms with Gasteiger partial charge in [0.05, 0.1) is 11.2 Å². The molecule has 0 aliphatic carbocycles. The van der Waals surface area contributed by atoms with E-state index in [4.69, 9.17) is 10.3 Å². The maximum Gasteiger partial charge on any atom is 0.231 e. The molecule has 1 fully saturated rings. The molecule has 2 atom stereocenters. The van der Waals surface area contributed by atoms with E-state index in [1.54, 1.807) is 0 Å². The van der Waals surface area contributed by atoms with Gasteiger partial charge in [-0.05, 0) is 6.42 Å². The van der Waals surface area contributed by atoms with Crippen molar-refractivity contribution in [3.63, 3.8) is 0 Å². The fourth-order valence-corrected chi connectivity index (χ4v) is 4.21. The lowest BCUT2D eigenvalue weighted by Gasteiger charge is -2.17. The summed E-state index contributed by atoms with van der Waals surface area (Å²) < 4.78 is 5.30. The number of nitrogens with zero attached hydrogens (tertiary/aromatic N) is 2. The smallest absolute Gasteiger partial charge is 0.231 e. The Bertz CT molecular complexity index is 322. The molecule has 6 heteroatoms. The topological polar surface area (TPSA) is 64.9 Å². The zero-order valence-electron chi connectivity index (χ0n) is 9.39. The third-order valence-corrected chi connectivity index (χ3v) is 5.44. The third-order valence-electron chi connectivity index (χ3n) is 2.69. The summed E-state index contributed by atoms with van der Waals surface area (Å²) in [7, 11) is 0. The van der Waals surface area contributed by atoms with E-state index < -0.39 is 0 Å². The number of hydrogen-bond acceptors (Lipinski definition) is 6. The van der Waals surface area contributed by atoms with E-state index in [0.29, 0.717) is 17.7 Å². The number of nitrogens with two attached hydrogens (primary N) is 1. The maximum atomic E-state index is 5.67. The van der Waals surface area contributed by atoms with Gasteiger partial charge in [-0.2, -0.15) is 16.7 Å². The molecule has 0 radical (unpaired) electrons. The van der Waals surface area contributed by atoms with Crippen LogP contribution in [0.15, 0.2) is 4.52 Å². The maximum absolute atomic E-state index is 5.67. The van der Waals surface area contributed by atoms with Crippen molar-refractivity contribution in [3.8, 4) is 0 Å². The van der Waals surface area contributed by atoms with Crippen molar-refractivity contribution < 1.29 is 4.52 Å². The highest BCUT2D eigenvalue weighted by atomic mass is 32.2. The van der Waals surface area contributed by atoms with E-state index in [9.17, 15) is 0 Å². The van der Waals surface area contributed by atoms with Gasteiger partial charge in [0.25, 0.3) is 0 Å². The molecule has 2 N–H and O–H groups in total. The van der Waals surface area contributed by atoms with Crippen molar-refractivity contribution >= 4 is 23.5 Å². The molecule has 0 aromatic carbocycles. The zero-order chi connectivity index (χ0) is 11.4. The van der Waals surface area contributed by atoms with Crippen LogP contribution in [0.25, 0.3) is 0 Å². The van der Waals surface area contributed by atoms with E-state index in [1.165, 1.54) is 11.5 Å². The quantitative estimate of drug-likeness (QED) is 0.892. The van der Waals surface area contributed by atoms with Crippen molar-refractivity contribution in [3.05, 3.63) is 11.7 Å². The Morgan fingerprint density at radius 2 is 2.44 bits per heavy atom. The molecule has 1 aliphatic rings. The molecule has 2 unspecified atom stereocenters. The van der Waals surface area contributed by atoms with Gasteiger partial charge in [0, 0.05) is 23.8 Å². The number of rotatable bonds is 4. The second-order valence-electron chi connectivity index (χ2n) is 3.77. The van der Waals surface area contributed by atoms with Crippen LogP contribution in [0.5, 0.6) is 0 Å². The number of thioether (sulfide) groups is 2. The van der Waals surface area contributed by atoms with Crippen LogP contribution >= 0.6 is 23.5 Å². The van der Waals surface area contributed by atoms with Crippen LogP contribution in [-0.2, 0) is 0 Å². The van der Waals surface area contributed by atoms with Gasteiger partial charge in [0.2, 0.25) is 5.89 Å². The minimum absolute atomic E-state index is 0.211. The Hall–Kier alpha value is -0.200. The molecule has 1 aromatic rings. The van der Waals surface area contributed by atoms with Gasteiger partial charge in [-0.15, -0.1) is 11.8 Å². The van der Waals surface area contributed by atoms with Crippen molar-refractivity contribution in [2.24, 2.45) is 5.73 Å². The minimum atomic E-state index is 0.211. The van der Waals surface area contributed by atoms with Gasteiger partial charge >= 0.3 is 0 Å². The minimum Gasteiger partial charge on any atom is -0.339 e. The summed E-state index contributed by atoms with van der Waals surface area (Å²) in [6, 6.07) is 0. The first-order valence-electron chi connectivity index (χ1n) is 5.58. The summed E-state index contributed by atoms with van der Waals surface area (Å²) in [6.07, 6.45) is 0.949. The van der Waals surface area contributed by atoms with E-state index >= 15 is 0 Å². The number of hydrogen-bond donors (Lipinski definition) is 1. The highest BCUT2D eigenvalue weighted by molar-refractivity contribution is 8.06. The molecule has 0 amide bonds. The molecule has 2 heterocycles. The predicted molar refractivity (Wildman–Crippen MR) is 68.9 cm³/mol. The largest absolute Gasteiger partial charge is 0.339 e. The first kappa shape index (κ1) is 12.3. The van der Waals surface area contributed by atoms with Gasteiger partial charge in [-0.3, -0.25) is 0 Å². The molecule has 4 nitrogen and oxygen atoms in total. The summed E-state index contributed by atoms with van der Waals surface area (Å²) in [5.74, 6) is 5.25. The second kappa shape index (κ2) is 5.93. The lowest BCUT2D eigenvalue weighted by Crippen LogP contribution is -2.12.